The molecule has 3 rings (SSSR count). The molecule has 1 spiro atoms. The van der Waals surface area contributed by atoms with E-state index in [0.29, 0.717) is 5.78 Å². The van der Waals surface area contributed by atoms with Crippen LogP contribution in [0.25, 0.3) is 0 Å². The van der Waals surface area contributed by atoms with Gasteiger partial charge in [0.2, 0.25) is 0 Å². The number of carbonyl (C=O) groups excluding carboxylic acids is 1. The summed E-state index contributed by atoms with van der Waals surface area (Å²) in [5.41, 5.74) is 0. The molecule has 3 heteroatoms. The Balaban J connectivity index is 1.96. The average Bonchev–Trinajstić information content (AvgIpc) is 2.56. The highest BCUT2D eigenvalue weighted by molar-refractivity contribution is 8.22. The van der Waals surface area contributed by atoms with E-state index in [0.717, 1.165) is 24.2 Å². The van der Waals surface area contributed by atoms with E-state index in [1.165, 1.54) is 11.5 Å². The summed E-state index contributed by atoms with van der Waals surface area (Å²) in [7, 11) is 0. The molecule has 0 radical (unpaired) electrons. The van der Waals surface area contributed by atoms with E-state index in [1.54, 1.807) is 0 Å². The summed E-state index contributed by atoms with van der Waals surface area (Å²) in [4.78, 5) is 11.7. The minimum absolute atomic E-state index is 0.0457. The quantitative estimate of drug-likeness (QED) is 0.595. The van der Waals surface area contributed by atoms with Gasteiger partial charge in [-0.2, -0.15) is 0 Å². The van der Waals surface area contributed by atoms with Crippen LogP contribution in [0.4, 0.5) is 0 Å². The second kappa shape index (κ2) is 2.24. The summed E-state index contributed by atoms with van der Waals surface area (Å²) >= 11 is 3.85. The molecule has 3 fully saturated rings. The van der Waals surface area contributed by atoms with Crippen LogP contribution in [0.5, 0.6) is 0 Å². The maximum atomic E-state index is 11.7. The Hall–Kier alpha value is 0.370. The van der Waals surface area contributed by atoms with Gasteiger partial charge in [0, 0.05) is 17.9 Å². The molecule has 12 heavy (non-hydrogen) atoms. The average molecular weight is 200 g/mol. The largest absolute Gasteiger partial charge is 0.297 e. The molecule has 0 aromatic rings. The number of fused-ring (bicyclic) bond motifs is 2. The smallest absolute Gasteiger partial charge is 0.159 e. The van der Waals surface area contributed by atoms with Crippen molar-refractivity contribution in [2.75, 3.05) is 11.5 Å². The van der Waals surface area contributed by atoms with Crippen LogP contribution in [0.1, 0.15) is 13.3 Å². The van der Waals surface area contributed by atoms with Gasteiger partial charge in [0.05, 0.1) is 0 Å². The minimum Gasteiger partial charge on any atom is -0.297 e. The molecule has 0 amide bonds. The third-order valence-corrected chi connectivity index (χ3v) is 7.17. The summed E-state index contributed by atoms with van der Waals surface area (Å²) in [6, 6.07) is 0. The lowest BCUT2D eigenvalue weighted by Crippen LogP contribution is -2.28. The van der Waals surface area contributed by atoms with E-state index in [2.05, 4.69) is 6.92 Å². The molecule has 3 atom stereocenters. The highest BCUT2D eigenvalue weighted by Crippen LogP contribution is 2.70. The molecule has 3 unspecified atom stereocenters. The summed E-state index contributed by atoms with van der Waals surface area (Å²) in [6.07, 6.45) is 0.881. The zero-order chi connectivity index (χ0) is 8.34. The van der Waals surface area contributed by atoms with Crippen molar-refractivity contribution in [3.05, 3.63) is 0 Å². The standard InChI is InChI=1S/C9H12OS2/c1-5-6-4-7(10)9(8(5)6)11-2-3-12-9/h5-6,8H,2-4H2,1H3. The fourth-order valence-electron chi connectivity index (χ4n) is 2.81. The maximum absolute atomic E-state index is 11.7. The highest BCUT2D eigenvalue weighted by Gasteiger charge is 2.69. The Bertz CT molecular complexity index is 245. The van der Waals surface area contributed by atoms with Gasteiger partial charge in [-0.3, -0.25) is 4.79 Å². The van der Waals surface area contributed by atoms with Crippen molar-refractivity contribution >= 4 is 29.3 Å². The number of carbonyl (C=O) groups is 1. The van der Waals surface area contributed by atoms with Crippen molar-refractivity contribution in [2.24, 2.45) is 17.8 Å². The summed E-state index contributed by atoms with van der Waals surface area (Å²) in [5.74, 6) is 5.25. The Morgan fingerprint density at radius 1 is 1.42 bits per heavy atom. The van der Waals surface area contributed by atoms with Crippen LogP contribution in [-0.4, -0.2) is 21.4 Å². The lowest BCUT2D eigenvalue weighted by molar-refractivity contribution is -0.118. The Morgan fingerprint density at radius 2 is 2.08 bits per heavy atom. The molecule has 0 aromatic carbocycles. The number of Topliss-reactive ketones (excluding diaryl/α,β-unsaturated/α-hetero) is 1. The first-order chi connectivity index (χ1) is 5.76. The van der Waals surface area contributed by atoms with Gasteiger partial charge in [0.15, 0.2) is 5.78 Å². The summed E-state index contributed by atoms with van der Waals surface area (Å²) in [6.45, 7) is 2.31. The van der Waals surface area contributed by atoms with Crippen LogP contribution < -0.4 is 0 Å². The fourth-order valence-corrected chi connectivity index (χ4v) is 6.57. The summed E-state index contributed by atoms with van der Waals surface area (Å²) < 4.78 is 0.0457. The number of thioether (sulfide) groups is 2. The van der Waals surface area contributed by atoms with Gasteiger partial charge < -0.3 is 0 Å². The number of hydrogen-bond donors (Lipinski definition) is 0. The molecule has 0 bridgehead atoms. The Morgan fingerprint density at radius 3 is 2.67 bits per heavy atom. The first-order valence-electron chi connectivity index (χ1n) is 4.57. The van der Waals surface area contributed by atoms with E-state index in [-0.39, 0.29) is 4.08 Å². The van der Waals surface area contributed by atoms with Gasteiger partial charge in [0.1, 0.15) is 4.08 Å². The fraction of sp³-hybridized carbons (Fsp3) is 0.889. The second-order valence-corrected chi connectivity index (χ2v) is 6.98. The van der Waals surface area contributed by atoms with E-state index in [1.807, 2.05) is 23.5 Å². The third-order valence-electron chi connectivity index (χ3n) is 3.53. The van der Waals surface area contributed by atoms with Gasteiger partial charge in [-0.05, 0) is 17.8 Å². The van der Waals surface area contributed by atoms with Crippen LogP contribution in [0.3, 0.4) is 0 Å². The predicted molar refractivity (Wildman–Crippen MR) is 53.4 cm³/mol. The van der Waals surface area contributed by atoms with Crippen LogP contribution in [0.2, 0.25) is 0 Å². The first kappa shape index (κ1) is 7.74. The normalized spacial score (nSPS) is 48.4. The zero-order valence-corrected chi connectivity index (χ0v) is 8.71. The molecular formula is C9H12OS2. The predicted octanol–water partition coefficient (Wildman–Crippen LogP) is 2.02. The molecule has 1 heterocycles. The summed E-state index contributed by atoms with van der Waals surface area (Å²) in [5, 5.41) is 0. The molecule has 1 saturated heterocycles. The number of hydrogen-bond acceptors (Lipinski definition) is 3. The van der Waals surface area contributed by atoms with Gasteiger partial charge in [-0.1, -0.05) is 6.92 Å². The van der Waals surface area contributed by atoms with Crippen LogP contribution in [-0.2, 0) is 4.79 Å². The molecule has 2 saturated carbocycles. The van der Waals surface area contributed by atoms with E-state index < -0.39 is 0 Å². The van der Waals surface area contributed by atoms with Crippen molar-refractivity contribution in [3.8, 4) is 0 Å². The lowest BCUT2D eigenvalue weighted by atomic mass is 10.1. The minimum atomic E-state index is 0.0457. The molecule has 1 nitrogen and oxygen atoms in total. The van der Waals surface area contributed by atoms with Crippen molar-refractivity contribution < 1.29 is 4.79 Å². The molecule has 66 valence electrons. The van der Waals surface area contributed by atoms with Crippen LogP contribution in [0.15, 0.2) is 0 Å². The highest BCUT2D eigenvalue weighted by atomic mass is 32.2. The van der Waals surface area contributed by atoms with Crippen molar-refractivity contribution in [1.82, 2.24) is 0 Å². The van der Waals surface area contributed by atoms with Crippen molar-refractivity contribution in [3.63, 3.8) is 0 Å². The van der Waals surface area contributed by atoms with Gasteiger partial charge in [-0.15, -0.1) is 23.5 Å². The molecule has 3 aliphatic rings. The number of ketones is 1. The zero-order valence-electron chi connectivity index (χ0n) is 7.08. The molecular weight excluding hydrogens is 188 g/mol. The Labute approximate surface area is 81.0 Å². The topological polar surface area (TPSA) is 17.1 Å². The van der Waals surface area contributed by atoms with Gasteiger partial charge in [0.25, 0.3) is 0 Å². The van der Waals surface area contributed by atoms with E-state index in [4.69, 9.17) is 0 Å². The SMILES string of the molecule is CC1C2CC(=O)C3(SCCS3)C12. The molecule has 1 aliphatic heterocycles. The molecule has 0 aromatic heterocycles. The van der Waals surface area contributed by atoms with Crippen LogP contribution >= 0.6 is 23.5 Å². The second-order valence-electron chi connectivity index (χ2n) is 4.04. The van der Waals surface area contributed by atoms with E-state index >= 15 is 0 Å². The van der Waals surface area contributed by atoms with Gasteiger partial charge in [-0.25, -0.2) is 0 Å². The number of rotatable bonds is 0. The van der Waals surface area contributed by atoms with E-state index in [9.17, 15) is 4.79 Å². The lowest BCUT2D eigenvalue weighted by Gasteiger charge is -2.22. The first-order valence-corrected chi connectivity index (χ1v) is 6.54. The van der Waals surface area contributed by atoms with Crippen LogP contribution in [0, 0.1) is 17.8 Å². The maximum Gasteiger partial charge on any atom is 0.159 e. The van der Waals surface area contributed by atoms with Crippen molar-refractivity contribution in [2.45, 2.75) is 17.4 Å². The molecule has 2 aliphatic carbocycles. The molecule has 0 N–H and O–H groups in total. The van der Waals surface area contributed by atoms with Crippen molar-refractivity contribution in [1.29, 1.82) is 0 Å². The Kier molecular flexibility index (Phi) is 1.44. The monoisotopic (exact) mass is 200 g/mol. The third kappa shape index (κ3) is 0.728. The van der Waals surface area contributed by atoms with Gasteiger partial charge >= 0.3 is 0 Å².